The maximum atomic E-state index is 12.1. The minimum Gasteiger partial charge on any atom is -0.481 e. The summed E-state index contributed by atoms with van der Waals surface area (Å²) < 4.78 is 36.3. The van der Waals surface area contributed by atoms with E-state index in [9.17, 15) is 22.8 Å². The predicted molar refractivity (Wildman–Crippen MR) is 46.4 cm³/mol. The lowest BCUT2D eigenvalue weighted by Gasteiger charge is -2.34. The second-order valence-corrected chi connectivity index (χ2v) is 3.65. The van der Waals surface area contributed by atoms with Gasteiger partial charge in [0.2, 0.25) is 0 Å². The molecular weight excluding hydrogens is 229 g/mol. The van der Waals surface area contributed by atoms with E-state index in [2.05, 4.69) is 0 Å². The van der Waals surface area contributed by atoms with E-state index < -0.39 is 36.6 Å². The van der Waals surface area contributed by atoms with E-state index in [4.69, 9.17) is 10.8 Å². The van der Waals surface area contributed by atoms with Crippen LogP contribution in [0, 0.1) is 5.92 Å². The molecule has 0 aromatic carbocycles. The maximum absolute atomic E-state index is 12.1. The van der Waals surface area contributed by atoms with Crippen LogP contribution < -0.4 is 5.73 Å². The van der Waals surface area contributed by atoms with Crippen LogP contribution in [0.15, 0.2) is 0 Å². The molecular formula is C8H11F3N2O3. The van der Waals surface area contributed by atoms with Crippen LogP contribution >= 0.6 is 0 Å². The third-order valence-electron chi connectivity index (χ3n) is 2.51. The lowest BCUT2D eigenvalue weighted by Crippen LogP contribution is -2.54. The van der Waals surface area contributed by atoms with Crippen LogP contribution in [0.5, 0.6) is 0 Å². The SMILES string of the molecule is N[C@@H]1CCN(C(=O)C(F)(F)F)C[C@@H]1C(=O)O. The largest absolute Gasteiger partial charge is 0.481 e. The van der Waals surface area contributed by atoms with E-state index in [1.165, 1.54) is 0 Å². The normalized spacial score (nSPS) is 26.6. The Kier molecular flexibility index (Phi) is 3.41. The number of hydrogen-bond acceptors (Lipinski definition) is 3. The van der Waals surface area contributed by atoms with Crippen LogP contribution in [0.3, 0.4) is 0 Å². The molecule has 1 heterocycles. The van der Waals surface area contributed by atoms with Gasteiger partial charge in [-0.05, 0) is 6.42 Å². The molecule has 1 aliphatic rings. The Morgan fingerprint density at radius 3 is 2.38 bits per heavy atom. The number of carboxylic acids is 1. The van der Waals surface area contributed by atoms with E-state index in [0.717, 1.165) is 0 Å². The second-order valence-electron chi connectivity index (χ2n) is 3.65. The number of carboxylic acid groups (broad SMARTS) is 1. The number of nitrogens with zero attached hydrogens (tertiary/aromatic N) is 1. The Morgan fingerprint density at radius 1 is 1.38 bits per heavy atom. The minimum absolute atomic E-state index is 0.0544. The smallest absolute Gasteiger partial charge is 0.471 e. The fourth-order valence-corrected chi connectivity index (χ4v) is 1.60. The van der Waals surface area contributed by atoms with Gasteiger partial charge >= 0.3 is 18.1 Å². The summed E-state index contributed by atoms with van der Waals surface area (Å²) in [5.41, 5.74) is 5.45. The highest BCUT2D eigenvalue weighted by Gasteiger charge is 2.45. The van der Waals surface area contributed by atoms with Crippen molar-refractivity contribution in [2.24, 2.45) is 11.7 Å². The Bertz CT molecular complexity index is 305. The van der Waals surface area contributed by atoms with Crippen LogP contribution in [0.2, 0.25) is 0 Å². The number of rotatable bonds is 1. The van der Waals surface area contributed by atoms with Crippen LogP contribution in [-0.2, 0) is 9.59 Å². The van der Waals surface area contributed by atoms with Gasteiger partial charge in [0.1, 0.15) is 0 Å². The van der Waals surface area contributed by atoms with E-state index in [1.54, 1.807) is 0 Å². The van der Waals surface area contributed by atoms with Crippen LogP contribution in [-0.4, -0.2) is 47.2 Å². The quantitative estimate of drug-likeness (QED) is 0.665. The summed E-state index contributed by atoms with van der Waals surface area (Å²) in [6.07, 6.45) is -4.91. The first kappa shape index (κ1) is 12.8. The Morgan fingerprint density at radius 2 is 1.94 bits per heavy atom. The fourth-order valence-electron chi connectivity index (χ4n) is 1.60. The molecule has 16 heavy (non-hydrogen) atoms. The number of aliphatic carboxylic acids is 1. The van der Waals surface area contributed by atoms with Crippen molar-refractivity contribution in [1.29, 1.82) is 0 Å². The first-order valence-electron chi connectivity index (χ1n) is 4.58. The zero-order chi connectivity index (χ0) is 12.5. The summed E-state index contributed by atoms with van der Waals surface area (Å²) >= 11 is 0. The predicted octanol–water partition coefficient (Wildman–Crippen LogP) is -0.191. The summed E-state index contributed by atoms with van der Waals surface area (Å²) in [5, 5.41) is 8.71. The number of carbonyl (C=O) groups is 2. The molecule has 0 radical (unpaired) electrons. The van der Waals surface area contributed by atoms with Gasteiger partial charge < -0.3 is 15.7 Å². The standard InChI is InChI=1S/C8H11F3N2O3/c9-8(10,11)7(16)13-2-1-5(12)4(3-13)6(14)15/h4-5H,1-3,12H2,(H,14,15)/t4-,5+/m0/s1. The number of carbonyl (C=O) groups excluding carboxylic acids is 1. The van der Waals surface area contributed by atoms with Gasteiger partial charge in [0.05, 0.1) is 5.92 Å². The third kappa shape index (κ3) is 2.63. The van der Waals surface area contributed by atoms with Gasteiger partial charge in [0.25, 0.3) is 0 Å². The van der Waals surface area contributed by atoms with Gasteiger partial charge in [0, 0.05) is 19.1 Å². The summed E-state index contributed by atoms with van der Waals surface area (Å²) in [5.74, 6) is -4.43. The average Bonchev–Trinajstić information content (AvgIpc) is 2.15. The number of amides is 1. The summed E-state index contributed by atoms with van der Waals surface area (Å²) in [4.78, 5) is 22.0. The molecule has 1 rings (SSSR count). The van der Waals surface area contributed by atoms with Crippen molar-refractivity contribution in [1.82, 2.24) is 4.90 Å². The molecule has 1 amide bonds. The molecule has 8 heteroatoms. The number of hydrogen-bond donors (Lipinski definition) is 2. The highest BCUT2D eigenvalue weighted by Crippen LogP contribution is 2.23. The molecule has 1 fully saturated rings. The summed E-state index contributed by atoms with van der Waals surface area (Å²) in [6.45, 7) is -0.655. The van der Waals surface area contributed by atoms with Crippen molar-refractivity contribution in [2.75, 3.05) is 13.1 Å². The molecule has 0 unspecified atom stereocenters. The molecule has 1 saturated heterocycles. The fraction of sp³-hybridized carbons (Fsp3) is 0.750. The number of nitrogens with two attached hydrogens (primary N) is 1. The van der Waals surface area contributed by atoms with Gasteiger partial charge in [0.15, 0.2) is 0 Å². The van der Waals surface area contributed by atoms with Crippen molar-refractivity contribution in [3.05, 3.63) is 0 Å². The van der Waals surface area contributed by atoms with Gasteiger partial charge in [-0.2, -0.15) is 13.2 Å². The molecule has 3 N–H and O–H groups in total. The second kappa shape index (κ2) is 4.28. The molecule has 5 nitrogen and oxygen atoms in total. The number of halogens is 3. The van der Waals surface area contributed by atoms with E-state index in [-0.39, 0.29) is 13.0 Å². The first-order chi connectivity index (χ1) is 7.23. The Hall–Kier alpha value is -1.31. The van der Waals surface area contributed by atoms with Crippen molar-refractivity contribution >= 4 is 11.9 Å². The van der Waals surface area contributed by atoms with Gasteiger partial charge in [-0.25, -0.2) is 0 Å². The molecule has 0 bridgehead atoms. The molecule has 92 valence electrons. The Labute approximate surface area is 89.0 Å². The topological polar surface area (TPSA) is 83.6 Å². The monoisotopic (exact) mass is 240 g/mol. The van der Waals surface area contributed by atoms with Gasteiger partial charge in [-0.15, -0.1) is 0 Å². The van der Waals surface area contributed by atoms with Gasteiger partial charge in [-0.1, -0.05) is 0 Å². The van der Waals surface area contributed by atoms with E-state index in [0.29, 0.717) is 4.90 Å². The molecule has 0 spiro atoms. The van der Waals surface area contributed by atoms with Crippen molar-refractivity contribution < 1.29 is 27.9 Å². The molecule has 0 aromatic rings. The third-order valence-corrected chi connectivity index (χ3v) is 2.51. The summed E-state index contributed by atoms with van der Waals surface area (Å²) in [6, 6.07) is -0.713. The first-order valence-corrected chi connectivity index (χ1v) is 4.58. The van der Waals surface area contributed by atoms with Crippen LogP contribution in [0.25, 0.3) is 0 Å². The average molecular weight is 240 g/mol. The summed E-state index contributed by atoms with van der Waals surface area (Å²) in [7, 11) is 0. The molecule has 1 aliphatic heterocycles. The maximum Gasteiger partial charge on any atom is 0.471 e. The van der Waals surface area contributed by atoms with Crippen molar-refractivity contribution in [2.45, 2.75) is 18.6 Å². The number of alkyl halides is 3. The minimum atomic E-state index is -4.97. The zero-order valence-corrected chi connectivity index (χ0v) is 8.20. The lowest BCUT2D eigenvalue weighted by atomic mass is 9.93. The van der Waals surface area contributed by atoms with Gasteiger partial charge in [-0.3, -0.25) is 9.59 Å². The number of likely N-dealkylation sites (tertiary alicyclic amines) is 1. The van der Waals surface area contributed by atoms with E-state index >= 15 is 0 Å². The van der Waals surface area contributed by atoms with E-state index in [1.807, 2.05) is 0 Å². The highest BCUT2D eigenvalue weighted by atomic mass is 19.4. The molecule has 0 aliphatic carbocycles. The van der Waals surface area contributed by atoms with Crippen molar-refractivity contribution in [3.8, 4) is 0 Å². The van der Waals surface area contributed by atoms with Crippen LogP contribution in [0.1, 0.15) is 6.42 Å². The molecule has 0 aromatic heterocycles. The number of piperidine rings is 1. The highest BCUT2D eigenvalue weighted by molar-refractivity contribution is 5.83. The Balaban J connectivity index is 2.73. The molecule has 0 saturated carbocycles. The lowest BCUT2D eigenvalue weighted by molar-refractivity contribution is -0.188. The van der Waals surface area contributed by atoms with Crippen LogP contribution in [0.4, 0.5) is 13.2 Å². The molecule has 2 atom stereocenters. The van der Waals surface area contributed by atoms with Crippen molar-refractivity contribution in [3.63, 3.8) is 0 Å². The zero-order valence-electron chi connectivity index (χ0n) is 8.20.